The fraction of sp³-hybridized carbons (Fsp3) is 0.435. The highest BCUT2D eigenvalue weighted by Gasteiger charge is 2.32. The van der Waals surface area contributed by atoms with Gasteiger partial charge >= 0.3 is 0 Å². The van der Waals surface area contributed by atoms with E-state index in [1.807, 2.05) is 29.2 Å². The van der Waals surface area contributed by atoms with E-state index in [1.165, 1.54) is 0 Å². The van der Waals surface area contributed by atoms with Crippen LogP contribution in [-0.2, 0) is 16.1 Å². The number of hydrogen-bond donors (Lipinski definition) is 0. The highest BCUT2D eigenvalue weighted by Crippen LogP contribution is 2.31. The second-order valence-corrected chi connectivity index (χ2v) is 7.89. The summed E-state index contributed by atoms with van der Waals surface area (Å²) in [4.78, 5) is 14.9. The predicted octanol–water partition coefficient (Wildman–Crippen LogP) is 4.15. The lowest BCUT2D eigenvalue weighted by atomic mass is 9.95. The fourth-order valence-electron chi connectivity index (χ4n) is 3.90. The summed E-state index contributed by atoms with van der Waals surface area (Å²) in [6.07, 6.45) is 1.65. The first-order valence-corrected chi connectivity index (χ1v) is 10.6. The van der Waals surface area contributed by atoms with Crippen molar-refractivity contribution in [2.75, 3.05) is 33.4 Å². The Morgan fingerprint density at radius 2 is 1.83 bits per heavy atom. The molecule has 0 spiro atoms. The number of halogens is 1. The number of nitrogens with zero attached hydrogens (tertiary/aromatic N) is 1. The molecular weight excluding hydrogens is 406 g/mol. The molecule has 0 N–H and O–H groups in total. The normalized spacial score (nSPS) is 17.9. The number of amides is 1. The predicted molar refractivity (Wildman–Crippen MR) is 113 cm³/mol. The van der Waals surface area contributed by atoms with Crippen LogP contribution in [0.1, 0.15) is 28.8 Å². The quantitative estimate of drug-likeness (QED) is 0.687. The van der Waals surface area contributed by atoms with Crippen molar-refractivity contribution < 1.29 is 23.7 Å². The standard InChI is InChI=1S/C23H26ClNO5/c1-27-21-14-17(6-7-20(21)30-15-18-4-2-3-5-19(18)24)22(26)25-10-8-16(9-11-25)23-28-12-13-29-23/h2-7,14,16,23H,8-13,15H2,1H3. The third-order valence-corrected chi connectivity index (χ3v) is 5.98. The molecule has 0 saturated carbocycles. The molecule has 2 aromatic rings. The van der Waals surface area contributed by atoms with Gasteiger partial charge in [-0.05, 0) is 37.1 Å². The molecule has 6 nitrogen and oxygen atoms in total. The molecule has 2 aliphatic rings. The van der Waals surface area contributed by atoms with Gasteiger partial charge in [0.2, 0.25) is 0 Å². The van der Waals surface area contributed by atoms with Gasteiger partial charge in [0.05, 0.1) is 20.3 Å². The molecular formula is C23H26ClNO5. The lowest BCUT2D eigenvalue weighted by Gasteiger charge is -2.34. The molecule has 0 atom stereocenters. The van der Waals surface area contributed by atoms with Crippen LogP contribution in [0.5, 0.6) is 11.5 Å². The van der Waals surface area contributed by atoms with Crippen LogP contribution in [0.2, 0.25) is 5.02 Å². The van der Waals surface area contributed by atoms with Gasteiger partial charge in [-0.1, -0.05) is 29.8 Å². The van der Waals surface area contributed by atoms with Crippen LogP contribution in [0, 0.1) is 5.92 Å². The van der Waals surface area contributed by atoms with Crippen LogP contribution in [0.3, 0.4) is 0 Å². The van der Waals surface area contributed by atoms with E-state index >= 15 is 0 Å². The Hall–Kier alpha value is -2.28. The van der Waals surface area contributed by atoms with E-state index in [0.717, 1.165) is 18.4 Å². The van der Waals surface area contributed by atoms with Crippen molar-refractivity contribution in [2.45, 2.75) is 25.7 Å². The number of carbonyl (C=O) groups excluding carboxylic acids is 1. The molecule has 2 aromatic carbocycles. The minimum Gasteiger partial charge on any atom is -0.493 e. The maximum Gasteiger partial charge on any atom is 0.253 e. The van der Waals surface area contributed by atoms with Crippen molar-refractivity contribution in [3.8, 4) is 11.5 Å². The lowest BCUT2D eigenvalue weighted by molar-refractivity contribution is -0.0956. The molecule has 0 aliphatic carbocycles. The highest BCUT2D eigenvalue weighted by molar-refractivity contribution is 6.31. The van der Waals surface area contributed by atoms with Crippen molar-refractivity contribution in [1.29, 1.82) is 0 Å². The molecule has 0 unspecified atom stereocenters. The molecule has 30 heavy (non-hydrogen) atoms. The zero-order chi connectivity index (χ0) is 20.9. The van der Waals surface area contributed by atoms with Gasteiger partial charge in [0.1, 0.15) is 6.61 Å². The average molecular weight is 432 g/mol. The number of piperidine rings is 1. The second-order valence-electron chi connectivity index (χ2n) is 7.49. The first-order chi connectivity index (χ1) is 14.7. The zero-order valence-electron chi connectivity index (χ0n) is 17.0. The van der Waals surface area contributed by atoms with E-state index in [2.05, 4.69) is 0 Å². The van der Waals surface area contributed by atoms with Gasteiger partial charge in [-0.15, -0.1) is 0 Å². The molecule has 2 saturated heterocycles. The molecule has 0 radical (unpaired) electrons. The van der Waals surface area contributed by atoms with Crippen molar-refractivity contribution in [3.05, 3.63) is 58.6 Å². The topological polar surface area (TPSA) is 57.2 Å². The summed E-state index contributed by atoms with van der Waals surface area (Å²) in [5.74, 6) is 1.45. The van der Waals surface area contributed by atoms with Crippen LogP contribution >= 0.6 is 11.6 Å². The van der Waals surface area contributed by atoms with E-state index in [9.17, 15) is 4.79 Å². The third kappa shape index (κ3) is 4.72. The van der Waals surface area contributed by atoms with Gasteiger partial charge in [-0.25, -0.2) is 0 Å². The summed E-state index contributed by atoms with van der Waals surface area (Å²) >= 11 is 6.19. The first-order valence-electron chi connectivity index (χ1n) is 10.2. The Morgan fingerprint density at radius 1 is 1.10 bits per heavy atom. The number of benzene rings is 2. The van der Waals surface area contributed by atoms with Crippen LogP contribution in [0.4, 0.5) is 0 Å². The minimum atomic E-state index is -0.114. The number of likely N-dealkylation sites (tertiary alicyclic amines) is 1. The summed E-state index contributed by atoms with van der Waals surface area (Å²) in [5, 5.41) is 0.653. The number of rotatable bonds is 6. The van der Waals surface area contributed by atoms with E-state index in [4.69, 9.17) is 30.5 Å². The monoisotopic (exact) mass is 431 g/mol. The first kappa shape index (κ1) is 21.0. The molecule has 0 aromatic heterocycles. The maximum absolute atomic E-state index is 13.0. The van der Waals surface area contributed by atoms with E-state index in [0.29, 0.717) is 60.9 Å². The van der Waals surface area contributed by atoms with Crippen molar-refractivity contribution in [3.63, 3.8) is 0 Å². The summed E-state index contributed by atoms with van der Waals surface area (Å²) < 4.78 is 22.6. The smallest absolute Gasteiger partial charge is 0.253 e. The van der Waals surface area contributed by atoms with E-state index in [1.54, 1.807) is 25.3 Å². The summed E-state index contributed by atoms with van der Waals surface area (Å²) in [7, 11) is 1.57. The SMILES string of the molecule is COc1cc(C(=O)N2CCC(C3OCCO3)CC2)ccc1OCc1ccccc1Cl. The van der Waals surface area contributed by atoms with Crippen molar-refractivity contribution in [2.24, 2.45) is 5.92 Å². The molecule has 2 aliphatic heterocycles. The van der Waals surface area contributed by atoms with Gasteiger partial charge in [-0.3, -0.25) is 4.79 Å². The fourth-order valence-corrected chi connectivity index (χ4v) is 4.09. The molecule has 2 heterocycles. The van der Waals surface area contributed by atoms with Gasteiger partial charge < -0.3 is 23.8 Å². The van der Waals surface area contributed by atoms with Crippen LogP contribution in [0.15, 0.2) is 42.5 Å². The molecule has 1 amide bonds. The van der Waals surface area contributed by atoms with Gasteiger partial charge in [0.25, 0.3) is 5.91 Å². The van der Waals surface area contributed by atoms with E-state index in [-0.39, 0.29) is 12.2 Å². The zero-order valence-corrected chi connectivity index (χ0v) is 17.8. The number of ether oxygens (including phenoxy) is 4. The van der Waals surface area contributed by atoms with Gasteiger partial charge in [-0.2, -0.15) is 0 Å². The van der Waals surface area contributed by atoms with Crippen LogP contribution in [0.25, 0.3) is 0 Å². The largest absolute Gasteiger partial charge is 0.493 e. The molecule has 0 bridgehead atoms. The Balaban J connectivity index is 1.38. The number of hydrogen-bond acceptors (Lipinski definition) is 5. The van der Waals surface area contributed by atoms with Gasteiger partial charge in [0, 0.05) is 35.2 Å². The Bertz CT molecular complexity index is 876. The lowest BCUT2D eigenvalue weighted by Crippen LogP contribution is -2.41. The number of carbonyl (C=O) groups is 1. The molecule has 7 heteroatoms. The highest BCUT2D eigenvalue weighted by atomic mass is 35.5. The van der Waals surface area contributed by atoms with Crippen LogP contribution < -0.4 is 9.47 Å². The second kappa shape index (κ2) is 9.69. The summed E-state index contributed by atoms with van der Waals surface area (Å²) in [6.45, 7) is 3.03. The minimum absolute atomic E-state index is 0.00216. The van der Waals surface area contributed by atoms with Crippen molar-refractivity contribution >= 4 is 17.5 Å². The van der Waals surface area contributed by atoms with E-state index < -0.39 is 0 Å². The van der Waals surface area contributed by atoms with Gasteiger partial charge in [0.15, 0.2) is 17.8 Å². The molecule has 4 rings (SSSR count). The summed E-state index contributed by atoms with van der Waals surface area (Å²) in [6, 6.07) is 12.8. The average Bonchev–Trinajstić information content (AvgIpc) is 3.33. The Labute approximate surface area is 181 Å². The van der Waals surface area contributed by atoms with Crippen molar-refractivity contribution in [1.82, 2.24) is 4.90 Å². The molecule has 2 fully saturated rings. The Morgan fingerprint density at radius 3 is 2.53 bits per heavy atom. The Kier molecular flexibility index (Phi) is 6.77. The van der Waals surface area contributed by atoms with Crippen LogP contribution in [-0.4, -0.2) is 50.5 Å². The molecule has 160 valence electrons. The maximum atomic E-state index is 13.0. The third-order valence-electron chi connectivity index (χ3n) is 5.61. The summed E-state index contributed by atoms with van der Waals surface area (Å²) in [5.41, 5.74) is 1.48. The number of methoxy groups -OCH3 is 1.